The highest BCUT2D eigenvalue weighted by atomic mass is 16.5. The number of aliphatic hydroxyl groups excluding tert-OH is 1. The minimum Gasteiger partial charge on any atom is -0.394 e. The molecule has 3 N–H and O–H groups in total. The molecule has 96 valence electrons. The molecular formula is C14H13N3O2. The van der Waals surface area contributed by atoms with E-state index in [1.165, 1.54) is 0 Å². The number of hydrogen-bond donors (Lipinski definition) is 2. The summed E-state index contributed by atoms with van der Waals surface area (Å²) in [6.07, 6.45) is 0. The quantitative estimate of drug-likeness (QED) is 0.746. The van der Waals surface area contributed by atoms with E-state index >= 15 is 0 Å². The summed E-state index contributed by atoms with van der Waals surface area (Å²) in [7, 11) is 0. The molecule has 0 radical (unpaired) electrons. The molecular weight excluding hydrogens is 242 g/mol. The fourth-order valence-electron chi connectivity index (χ4n) is 1.99. The van der Waals surface area contributed by atoms with Gasteiger partial charge >= 0.3 is 0 Å². The van der Waals surface area contributed by atoms with Gasteiger partial charge in [-0.15, -0.1) is 0 Å². The molecule has 19 heavy (non-hydrogen) atoms. The van der Waals surface area contributed by atoms with Gasteiger partial charge in [-0.25, -0.2) is 0 Å². The average Bonchev–Trinajstić information content (AvgIpc) is 2.95. The van der Waals surface area contributed by atoms with Gasteiger partial charge in [0, 0.05) is 5.56 Å². The van der Waals surface area contributed by atoms with Crippen LogP contribution in [0.5, 0.6) is 0 Å². The lowest BCUT2D eigenvalue weighted by Crippen LogP contribution is -2.14. The lowest BCUT2D eigenvalue weighted by molar-refractivity contribution is 0.237. The van der Waals surface area contributed by atoms with Crippen molar-refractivity contribution >= 4 is 10.8 Å². The van der Waals surface area contributed by atoms with Gasteiger partial charge in [0.1, 0.15) is 6.04 Å². The summed E-state index contributed by atoms with van der Waals surface area (Å²) in [5, 5.41) is 15.1. The highest BCUT2D eigenvalue weighted by Crippen LogP contribution is 2.26. The van der Waals surface area contributed by atoms with E-state index in [0.29, 0.717) is 5.82 Å². The molecule has 1 atom stereocenters. The van der Waals surface area contributed by atoms with Gasteiger partial charge in [0.05, 0.1) is 6.61 Å². The first kappa shape index (κ1) is 11.8. The molecule has 0 aliphatic heterocycles. The summed E-state index contributed by atoms with van der Waals surface area (Å²) >= 11 is 0. The summed E-state index contributed by atoms with van der Waals surface area (Å²) in [4.78, 5) is 4.24. The van der Waals surface area contributed by atoms with Crippen LogP contribution in [-0.4, -0.2) is 21.9 Å². The van der Waals surface area contributed by atoms with Gasteiger partial charge in [0.25, 0.3) is 0 Å². The molecule has 0 unspecified atom stereocenters. The third-order valence-corrected chi connectivity index (χ3v) is 2.99. The third-order valence-electron chi connectivity index (χ3n) is 2.99. The van der Waals surface area contributed by atoms with Crippen LogP contribution in [0.4, 0.5) is 0 Å². The minimum absolute atomic E-state index is 0.225. The van der Waals surface area contributed by atoms with E-state index in [-0.39, 0.29) is 12.5 Å². The largest absolute Gasteiger partial charge is 0.394 e. The van der Waals surface area contributed by atoms with E-state index in [2.05, 4.69) is 10.1 Å². The molecule has 0 saturated heterocycles. The van der Waals surface area contributed by atoms with Crippen LogP contribution in [0, 0.1) is 0 Å². The van der Waals surface area contributed by atoms with Crippen LogP contribution in [0.15, 0.2) is 47.0 Å². The Morgan fingerprint density at radius 1 is 1.16 bits per heavy atom. The molecule has 0 aliphatic carbocycles. The Bertz CT molecular complexity index is 703. The second-order valence-electron chi connectivity index (χ2n) is 4.27. The van der Waals surface area contributed by atoms with Crippen LogP contribution in [0.25, 0.3) is 22.2 Å². The zero-order chi connectivity index (χ0) is 13.2. The molecule has 1 heterocycles. The topological polar surface area (TPSA) is 85.2 Å². The zero-order valence-corrected chi connectivity index (χ0v) is 10.2. The minimum atomic E-state index is -0.642. The van der Waals surface area contributed by atoms with Crippen LogP contribution < -0.4 is 5.73 Å². The van der Waals surface area contributed by atoms with Gasteiger partial charge in [-0.1, -0.05) is 47.6 Å². The monoisotopic (exact) mass is 255 g/mol. The molecule has 5 heteroatoms. The first-order valence-corrected chi connectivity index (χ1v) is 5.98. The van der Waals surface area contributed by atoms with Gasteiger partial charge < -0.3 is 15.4 Å². The molecule has 5 nitrogen and oxygen atoms in total. The van der Waals surface area contributed by atoms with Crippen LogP contribution in [-0.2, 0) is 0 Å². The van der Waals surface area contributed by atoms with Gasteiger partial charge in [0.15, 0.2) is 0 Å². The van der Waals surface area contributed by atoms with Gasteiger partial charge in [0.2, 0.25) is 11.7 Å². The predicted molar refractivity (Wildman–Crippen MR) is 71.3 cm³/mol. The number of fused-ring (bicyclic) bond motifs is 1. The zero-order valence-electron chi connectivity index (χ0n) is 10.2. The maximum absolute atomic E-state index is 8.99. The van der Waals surface area contributed by atoms with Crippen molar-refractivity contribution in [2.45, 2.75) is 6.04 Å². The second-order valence-corrected chi connectivity index (χ2v) is 4.27. The highest BCUT2D eigenvalue weighted by molar-refractivity contribution is 5.94. The summed E-state index contributed by atoms with van der Waals surface area (Å²) < 4.78 is 5.07. The molecule has 3 aromatic rings. The Kier molecular flexibility index (Phi) is 2.98. The van der Waals surface area contributed by atoms with Gasteiger partial charge in [-0.2, -0.15) is 4.98 Å². The molecule has 0 aliphatic rings. The van der Waals surface area contributed by atoms with E-state index < -0.39 is 6.04 Å². The molecule has 2 aromatic carbocycles. The molecule has 3 rings (SSSR count). The summed E-state index contributed by atoms with van der Waals surface area (Å²) in [5.74, 6) is 0.723. The van der Waals surface area contributed by atoms with Crippen molar-refractivity contribution in [3.05, 3.63) is 48.4 Å². The number of nitrogens with two attached hydrogens (primary N) is 1. The normalized spacial score (nSPS) is 12.7. The molecule has 0 saturated carbocycles. The average molecular weight is 255 g/mol. The fraction of sp³-hybridized carbons (Fsp3) is 0.143. The lowest BCUT2D eigenvalue weighted by Gasteiger charge is -2.02. The highest BCUT2D eigenvalue weighted by Gasteiger charge is 2.15. The maximum atomic E-state index is 8.99. The van der Waals surface area contributed by atoms with Crippen LogP contribution in [0.3, 0.4) is 0 Å². The van der Waals surface area contributed by atoms with Crippen molar-refractivity contribution in [2.75, 3.05) is 6.61 Å². The van der Waals surface area contributed by atoms with Crippen molar-refractivity contribution in [3.8, 4) is 11.4 Å². The van der Waals surface area contributed by atoms with E-state index in [4.69, 9.17) is 15.4 Å². The van der Waals surface area contributed by atoms with Crippen molar-refractivity contribution < 1.29 is 9.63 Å². The van der Waals surface area contributed by atoms with Crippen molar-refractivity contribution in [1.82, 2.24) is 10.1 Å². The van der Waals surface area contributed by atoms with Crippen LogP contribution in [0.1, 0.15) is 11.9 Å². The Morgan fingerprint density at radius 3 is 2.79 bits per heavy atom. The number of benzene rings is 2. The van der Waals surface area contributed by atoms with E-state index in [1.54, 1.807) is 0 Å². The molecule has 0 spiro atoms. The molecule has 0 fully saturated rings. The van der Waals surface area contributed by atoms with E-state index in [1.807, 2.05) is 42.5 Å². The van der Waals surface area contributed by atoms with Crippen LogP contribution in [0.2, 0.25) is 0 Å². The first-order chi connectivity index (χ1) is 9.29. The summed E-state index contributed by atoms with van der Waals surface area (Å²) in [5.41, 5.74) is 6.54. The van der Waals surface area contributed by atoms with Crippen molar-refractivity contribution in [3.63, 3.8) is 0 Å². The van der Waals surface area contributed by atoms with Gasteiger partial charge in [-0.3, -0.25) is 0 Å². The number of hydrogen-bond acceptors (Lipinski definition) is 5. The summed E-state index contributed by atoms with van der Waals surface area (Å²) in [6, 6.07) is 13.2. The van der Waals surface area contributed by atoms with Gasteiger partial charge in [-0.05, 0) is 10.8 Å². The number of aromatic nitrogens is 2. The lowest BCUT2D eigenvalue weighted by atomic mass is 10.0. The van der Waals surface area contributed by atoms with Crippen molar-refractivity contribution in [1.29, 1.82) is 0 Å². The number of aliphatic hydroxyl groups is 1. The Labute approximate surface area is 109 Å². The molecule has 0 bridgehead atoms. The van der Waals surface area contributed by atoms with E-state index in [0.717, 1.165) is 16.3 Å². The SMILES string of the molecule is N[C@@H](CO)c1nc(-c2cccc3ccccc23)no1. The number of nitrogens with zero attached hydrogens (tertiary/aromatic N) is 2. The third kappa shape index (κ3) is 2.09. The second kappa shape index (κ2) is 4.79. The number of rotatable bonds is 3. The summed E-state index contributed by atoms with van der Waals surface area (Å²) in [6.45, 7) is -0.225. The molecule has 0 amide bonds. The molecule has 1 aromatic heterocycles. The Hall–Kier alpha value is -2.24. The first-order valence-electron chi connectivity index (χ1n) is 5.98. The predicted octanol–water partition coefficient (Wildman–Crippen LogP) is 1.88. The fourth-order valence-corrected chi connectivity index (χ4v) is 1.99. The Balaban J connectivity index is 2.12. The smallest absolute Gasteiger partial charge is 0.246 e. The van der Waals surface area contributed by atoms with Crippen LogP contribution >= 0.6 is 0 Å². The van der Waals surface area contributed by atoms with E-state index in [9.17, 15) is 0 Å². The standard InChI is InChI=1S/C14H13N3O2/c15-12(8-18)14-16-13(17-19-14)11-7-3-5-9-4-1-2-6-10(9)11/h1-7,12,18H,8,15H2/t12-/m0/s1. The van der Waals surface area contributed by atoms with Crippen molar-refractivity contribution in [2.24, 2.45) is 5.73 Å². The Morgan fingerprint density at radius 2 is 1.95 bits per heavy atom. The maximum Gasteiger partial charge on any atom is 0.246 e.